The van der Waals surface area contributed by atoms with Crippen LogP contribution in [0.25, 0.3) is 0 Å². The lowest BCUT2D eigenvalue weighted by molar-refractivity contribution is -0.146. The number of hydrogen-bond donors (Lipinski definition) is 3. The maximum atomic E-state index is 12.1. The third kappa shape index (κ3) is 4.54. The highest BCUT2D eigenvalue weighted by Gasteiger charge is 2.41. The minimum Gasteiger partial charge on any atom is -0.481 e. The van der Waals surface area contributed by atoms with Crippen molar-refractivity contribution in [3.63, 3.8) is 0 Å². The molecule has 0 spiro atoms. The van der Waals surface area contributed by atoms with Gasteiger partial charge in [-0.3, -0.25) is 14.4 Å². The highest BCUT2D eigenvalue weighted by atomic mass is 32.1. The molecule has 1 heterocycles. The third-order valence-corrected chi connectivity index (χ3v) is 5.04. The first kappa shape index (κ1) is 17.5. The SMILES string of the molecule is CC1(NC(=O)CCNC(=O)c2ccsc2)CCCCC1C(=O)O. The monoisotopic (exact) mass is 338 g/mol. The van der Waals surface area contributed by atoms with E-state index in [9.17, 15) is 19.5 Å². The molecule has 2 rings (SSSR count). The van der Waals surface area contributed by atoms with Gasteiger partial charge >= 0.3 is 5.97 Å². The van der Waals surface area contributed by atoms with Gasteiger partial charge in [0.15, 0.2) is 0 Å². The summed E-state index contributed by atoms with van der Waals surface area (Å²) in [7, 11) is 0. The van der Waals surface area contributed by atoms with E-state index < -0.39 is 17.4 Å². The lowest BCUT2D eigenvalue weighted by atomic mass is 9.74. The van der Waals surface area contributed by atoms with Gasteiger partial charge in [-0.15, -0.1) is 0 Å². The van der Waals surface area contributed by atoms with Crippen molar-refractivity contribution in [2.45, 2.75) is 44.6 Å². The van der Waals surface area contributed by atoms with Crippen molar-refractivity contribution in [1.29, 1.82) is 0 Å². The fraction of sp³-hybridized carbons (Fsp3) is 0.562. The minimum absolute atomic E-state index is 0.137. The highest BCUT2D eigenvalue weighted by Crippen LogP contribution is 2.33. The van der Waals surface area contributed by atoms with E-state index >= 15 is 0 Å². The zero-order valence-corrected chi connectivity index (χ0v) is 13.9. The van der Waals surface area contributed by atoms with E-state index in [1.54, 1.807) is 18.4 Å². The molecule has 3 N–H and O–H groups in total. The predicted molar refractivity (Wildman–Crippen MR) is 87.4 cm³/mol. The average Bonchev–Trinajstić information content (AvgIpc) is 3.01. The van der Waals surface area contributed by atoms with Crippen LogP contribution in [0.3, 0.4) is 0 Å². The van der Waals surface area contributed by atoms with Crippen LogP contribution >= 0.6 is 11.3 Å². The Balaban J connectivity index is 1.81. The molecule has 2 atom stereocenters. The number of carboxylic acid groups (broad SMARTS) is 1. The van der Waals surface area contributed by atoms with Gasteiger partial charge in [0.1, 0.15) is 0 Å². The van der Waals surface area contributed by atoms with Crippen LogP contribution in [0.15, 0.2) is 16.8 Å². The first-order valence-corrected chi connectivity index (χ1v) is 8.71. The average molecular weight is 338 g/mol. The van der Waals surface area contributed by atoms with Crippen molar-refractivity contribution in [3.8, 4) is 0 Å². The van der Waals surface area contributed by atoms with E-state index in [1.807, 2.05) is 5.38 Å². The van der Waals surface area contributed by atoms with Crippen LogP contribution in [-0.2, 0) is 9.59 Å². The summed E-state index contributed by atoms with van der Waals surface area (Å²) in [5.41, 5.74) is -0.126. The fourth-order valence-electron chi connectivity index (χ4n) is 3.05. The van der Waals surface area contributed by atoms with Crippen molar-refractivity contribution in [1.82, 2.24) is 10.6 Å². The Bertz CT molecular complexity index is 573. The number of amides is 2. The molecule has 0 aliphatic heterocycles. The van der Waals surface area contributed by atoms with Gasteiger partial charge in [-0.1, -0.05) is 12.8 Å². The van der Waals surface area contributed by atoms with Crippen LogP contribution in [0.4, 0.5) is 0 Å². The number of hydrogen-bond acceptors (Lipinski definition) is 4. The number of thiophene rings is 1. The van der Waals surface area contributed by atoms with Gasteiger partial charge in [0.25, 0.3) is 5.91 Å². The second kappa shape index (κ2) is 7.59. The Labute approximate surface area is 139 Å². The fourth-order valence-corrected chi connectivity index (χ4v) is 3.68. The van der Waals surface area contributed by atoms with Crippen LogP contribution < -0.4 is 10.6 Å². The summed E-state index contributed by atoms with van der Waals surface area (Å²) in [5.74, 6) is -1.85. The molecular weight excluding hydrogens is 316 g/mol. The van der Waals surface area contributed by atoms with Crippen LogP contribution in [0.1, 0.15) is 49.4 Å². The molecule has 1 aromatic heterocycles. The van der Waals surface area contributed by atoms with Gasteiger partial charge in [-0.05, 0) is 31.2 Å². The minimum atomic E-state index is -0.863. The van der Waals surface area contributed by atoms with Gasteiger partial charge in [-0.25, -0.2) is 0 Å². The molecule has 1 aliphatic rings. The number of aliphatic carboxylic acids is 1. The first-order chi connectivity index (χ1) is 10.9. The summed E-state index contributed by atoms with van der Waals surface area (Å²) in [6.07, 6.45) is 3.17. The molecule has 7 heteroatoms. The molecule has 0 saturated heterocycles. The van der Waals surface area contributed by atoms with Gasteiger partial charge in [0.2, 0.25) is 5.91 Å². The van der Waals surface area contributed by atoms with E-state index in [0.717, 1.165) is 12.8 Å². The van der Waals surface area contributed by atoms with Gasteiger partial charge in [0, 0.05) is 23.9 Å². The quantitative estimate of drug-likeness (QED) is 0.739. The standard InChI is InChI=1S/C16H22N2O4S/c1-16(7-3-2-4-12(16)15(21)22)18-13(19)5-8-17-14(20)11-6-9-23-10-11/h6,9-10,12H,2-5,7-8H2,1H3,(H,17,20)(H,18,19)(H,21,22). The lowest BCUT2D eigenvalue weighted by Gasteiger charge is -2.39. The Morgan fingerprint density at radius 2 is 2.17 bits per heavy atom. The van der Waals surface area contributed by atoms with Crippen molar-refractivity contribution in [3.05, 3.63) is 22.4 Å². The van der Waals surface area contributed by atoms with Crippen LogP contribution in [0.2, 0.25) is 0 Å². The maximum absolute atomic E-state index is 12.1. The second-order valence-corrected chi connectivity index (χ2v) is 6.90. The molecule has 0 aromatic carbocycles. The van der Waals surface area contributed by atoms with E-state index in [2.05, 4.69) is 10.6 Å². The molecule has 6 nitrogen and oxygen atoms in total. The Morgan fingerprint density at radius 3 is 2.83 bits per heavy atom. The molecule has 0 radical (unpaired) electrons. The molecule has 0 bridgehead atoms. The number of rotatable bonds is 6. The summed E-state index contributed by atoms with van der Waals surface area (Å²) < 4.78 is 0. The third-order valence-electron chi connectivity index (χ3n) is 4.35. The van der Waals surface area contributed by atoms with Crippen molar-refractivity contribution in [2.24, 2.45) is 5.92 Å². The normalized spacial score (nSPS) is 24.0. The van der Waals surface area contributed by atoms with Gasteiger partial charge in [-0.2, -0.15) is 11.3 Å². The summed E-state index contributed by atoms with van der Waals surface area (Å²) in [6, 6.07) is 1.72. The largest absolute Gasteiger partial charge is 0.481 e. The summed E-state index contributed by atoms with van der Waals surface area (Å²) in [5, 5.41) is 18.5. The Morgan fingerprint density at radius 1 is 1.39 bits per heavy atom. The number of nitrogens with one attached hydrogen (secondary N) is 2. The summed E-state index contributed by atoms with van der Waals surface area (Å²) in [6.45, 7) is 2.03. The summed E-state index contributed by atoms with van der Waals surface area (Å²) in [4.78, 5) is 35.2. The molecule has 126 valence electrons. The Kier molecular flexibility index (Phi) is 5.76. The van der Waals surface area contributed by atoms with E-state index in [-0.39, 0.29) is 24.8 Å². The molecular formula is C16H22N2O4S. The zero-order valence-electron chi connectivity index (χ0n) is 13.1. The molecule has 23 heavy (non-hydrogen) atoms. The Hall–Kier alpha value is -1.89. The smallest absolute Gasteiger partial charge is 0.308 e. The van der Waals surface area contributed by atoms with Gasteiger partial charge in [0.05, 0.1) is 11.5 Å². The van der Waals surface area contributed by atoms with Crippen molar-refractivity contribution >= 4 is 29.1 Å². The molecule has 1 aliphatic carbocycles. The maximum Gasteiger partial charge on any atom is 0.308 e. The van der Waals surface area contributed by atoms with Crippen molar-refractivity contribution in [2.75, 3.05) is 6.54 Å². The predicted octanol–water partition coefficient (Wildman–Crippen LogP) is 2.02. The molecule has 1 aromatic rings. The number of carboxylic acids is 1. The molecule has 1 fully saturated rings. The molecule has 2 amide bonds. The zero-order chi connectivity index (χ0) is 16.9. The van der Waals surface area contributed by atoms with E-state index in [0.29, 0.717) is 18.4 Å². The lowest BCUT2D eigenvalue weighted by Crippen LogP contribution is -2.55. The van der Waals surface area contributed by atoms with Crippen LogP contribution in [0.5, 0.6) is 0 Å². The number of carbonyl (C=O) groups excluding carboxylic acids is 2. The molecule has 1 saturated carbocycles. The van der Waals surface area contributed by atoms with Crippen molar-refractivity contribution < 1.29 is 19.5 Å². The molecule has 2 unspecified atom stereocenters. The van der Waals surface area contributed by atoms with Gasteiger partial charge < -0.3 is 15.7 Å². The van der Waals surface area contributed by atoms with E-state index in [4.69, 9.17) is 0 Å². The topological polar surface area (TPSA) is 95.5 Å². The van der Waals surface area contributed by atoms with Crippen LogP contribution in [0, 0.1) is 5.92 Å². The first-order valence-electron chi connectivity index (χ1n) is 7.76. The highest BCUT2D eigenvalue weighted by molar-refractivity contribution is 7.08. The van der Waals surface area contributed by atoms with E-state index in [1.165, 1.54) is 11.3 Å². The second-order valence-electron chi connectivity index (χ2n) is 6.12. The number of carbonyl (C=O) groups is 3. The summed E-state index contributed by atoms with van der Waals surface area (Å²) >= 11 is 1.44. The van der Waals surface area contributed by atoms with Crippen LogP contribution in [-0.4, -0.2) is 35.0 Å².